The number of benzene rings is 2. The molecule has 0 spiro atoms. The first kappa shape index (κ1) is 20.5. The number of hydrogen-bond acceptors (Lipinski definition) is 4. The highest BCUT2D eigenvalue weighted by atomic mass is 19.2. The summed E-state index contributed by atoms with van der Waals surface area (Å²) in [5.74, 6) is -4.53. The van der Waals surface area contributed by atoms with E-state index in [9.17, 15) is 23.5 Å². The lowest BCUT2D eigenvalue weighted by molar-refractivity contribution is -0.119. The molecule has 1 atom stereocenters. The van der Waals surface area contributed by atoms with Crippen molar-refractivity contribution >= 4 is 23.1 Å². The fourth-order valence-corrected chi connectivity index (χ4v) is 3.34. The Kier molecular flexibility index (Phi) is 5.42. The Bertz CT molecular complexity index is 998. The van der Waals surface area contributed by atoms with Crippen LogP contribution in [0.2, 0.25) is 0 Å². The number of nitrogens with zero attached hydrogens (tertiary/aromatic N) is 2. The number of hydrogen-bond donors (Lipinski definition) is 1. The van der Waals surface area contributed by atoms with Crippen LogP contribution in [-0.4, -0.2) is 30.9 Å². The smallest absolute Gasteiger partial charge is 0.294 e. The highest BCUT2D eigenvalue weighted by Crippen LogP contribution is 2.42. The quantitative estimate of drug-likeness (QED) is 0.819. The monoisotopic (exact) mass is 400 g/mol. The minimum absolute atomic E-state index is 0.0488. The van der Waals surface area contributed by atoms with Gasteiger partial charge in [0.05, 0.1) is 11.6 Å². The van der Waals surface area contributed by atoms with Gasteiger partial charge in [-0.05, 0) is 29.8 Å². The summed E-state index contributed by atoms with van der Waals surface area (Å²) in [6, 6.07) is 9.20. The standard InChI is InChI=1S/C22H22F2N2O3/c1-12(2)20(27)18-19(13-5-7-14(8-6-13)25(3)4)26(22(29)21(18)28)15-9-10-16(23)17(24)11-15/h5-12,19,28H,1-4H3. The van der Waals surface area contributed by atoms with Crippen molar-refractivity contribution < 1.29 is 23.5 Å². The molecule has 1 aliphatic rings. The van der Waals surface area contributed by atoms with Crippen molar-refractivity contribution in [1.82, 2.24) is 0 Å². The van der Waals surface area contributed by atoms with Crippen LogP contribution in [0.3, 0.4) is 0 Å². The number of Topliss-reactive ketones (excluding diaryl/α,β-unsaturated/α-hetero) is 1. The molecule has 7 heteroatoms. The largest absolute Gasteiger partial charge is 0.503 e. The van der Waals surface area contributed by atoms with Crippen LogP contribution in [0.4, 0.5) is 20.2 Å². The molecule has 152 valence electrons. The maximum absolute atomic E-state index is 13.9. The van der Waals surface area contributed by atoms with Gasteiger partial charge in [0.15, 0.2) is 23.2 Å². The number of aliphatic hydroxyl groups is 1. The Balaban J connectivity index is 2.17. The molecule has 3 rings (SSSR count). The van der Waals surface area contributed by atoms with Crippen molar-refractivity contribution in [3.63, 3.8) is 0 Å². The molecule has 1 aliphatic heterocycles. The van der Waals surface area contributed by atoms with Crippen LogP contribution in [-0.2, 0) is 9.59 Å². The molecule has 1 unspecified atom stereocenters. The first-order valence-corrected chi connectivity index (χ1v) is 9.16. The Morgan fingerprint density at radius 2 is 1.69 bits per heavy atom. The van der Waals surface area contributed by atoms with Gasteiger partial charge in [-0.25, -0.2) is 8.78 Å². The maximum Gasteiger partial charge on any atom is 0.294 e. The number of rotatable bonds is 5. The highest BCUT2D eigenvalue weighted by Gasteiger charge is 2.44. The van der Waals surface area contributed by atoms with Gasteiger partial charge in [-0.2, -0.15) is 0 Å². The summed E-state index contributed by atoms with van der Waals surface area (Å²) in [4.78, 5) is 28.7. The average Bonchev–Trinajstić information content (AvgIpc) is 2.94. The molecule has 0 aliphatic carbocycles. The third-order valence-electron chi connectivity index (χ3n) is 4.90. The summed E-state index contributed by atoms with van der Waals surface area (Å²) in [5.41, 5.74) is 1.48. The number of aliphatic hydroxyl groups excluding tert-OH is 1. The van der Waals surface area contributed by atoms with E-state index in [0.29, 0.717) is 5.56 Å². The van der Waals surface area contributed by atoms with Crippen LogP contribution in [0.25, 0.3) is 0 Å². The second-order valence-corrected chi connectivity index (χ2v) is 7.44. The molecule has 1 amide bonds. The summed E-state index contributed by atoms with van der Waals surface area (Å²) < 4.78 is 27.3. The van der Waals surface area contributed by atoms with Gasteiger partial charge in [-0.1, -0.05) is 26.0 Å². The van der Waals surface area contributed by atoms with Gasteiger partial charge < -0.3 is 10.0 Å². The fourth-order valence-electron chi connectivity index (χ4n) is 3.34. The number of carbonyl (C=O) groups is 2. The Morgan fingerprint density at radius 3 is 2.21 bits per heavy atom. The first-order valence-electron chi connectivity index (χ1n) is 9.16. The summed E-state index contributed by atoms with van der Waals surface area (Å²) in [7, 11) is 3.75. The predicted molar refractivity (Wildman–Crippen MR) is 107 cm³/mol. The molecular formula is C22H22F2N2O3. The third-order valence-corrected chi connectivity index (χ3v) is 4.90. The fraction of sp³-hybridized carbons (Fsp3) is 0.273. The van der Waals surface area contributed by atoms with Gasteiger partial charge in [-0.3, -0.25) is 14.5 Å². The second kappa shape index (κ2) is 7.66. The van der Waals surface area contributed by atoms with Gasteiger partial charge in [0.25, 0.3) is 5.91 Å². The molecule has 29 heavy (non-hydrogen) atoms. The van der Waals surface area contributed by atoms with Crippen molar-refractivity contribution in [2.24, 2.45) is 5.92 Å². The zero-order chi connectivity index (χ0) is 21.5. The van der Waals surface area contributed by atoms with Gasteiger partial charge in [0.1, 0.15) is 0 Å². The van der Waals surface area contributed by atoms with Gasteiger partial charge >= 0.3 is 0 Å². The molecule has 0 bridgehead atoms. The normalized spacial score (nSPS) is 16.7. The molecule has 5 nitrogen and oxygen atoms in total. The SMILES string of the molecule is CC(C)C(=O)C1=C(O)C(=O)N(c2ccc(F)c(F)c2)C1c1ccc(N(C)C)cc1. The van der Waals surface area contributed by atoms with Crippen molar-refractivity contribution in [1.29, 1.82) is 0 Å². The first-order chi connectivity index (χ1) is 13.6. The van der Waals surface area contributed by atoms with E-state index in [1.165, 1.54) is 6.07 Å². The van der Waals surface area contributed by atoms with Gasteiger partial charge in [-0.15, -0.1) is 0 Å². The predicted octanol–water partition coefficient (Wildman–Crippen LogP) is 4.16. The molecule has 0 radical (unpaired) electrons. The number of anilines is 2. The van der Waals surface area contributed by atoms with Crippen LogP contribution in [0.15, 0.2) is 53.8 Å². The van der Waals surface area contributed by atoms with Crippen molar-refractivity contribution in [3.8, 4) is 0 Å². The topological polar surface area (TPSA) is 60.9 Å². The molecule has 0 aromatic heterocycles. The molecule has 2 aromatic rings. The molecular weight excluding hydrogens is 378 g/mol. The number of ketones is 1. The Labute approximate surface area is 167 Å². The molecule has 0 saturated carbocycles. The second-order valence-electron chi connectivity index (χ2n) is 7.44. The van der Waals surface area contributed by atoms with Crippen LogP contribution >= 0.6 is 0 Å². The molecule has 0 fully saturated rings. The lowest BCUT2D eigenvalue weighted by atomic mass is 9.91. The summed E-state index contributed by atoms with van der Waals surface area (Å²) in [5, 5.41) is 10.5. The molecule has 1 N–H and O–H groups in total. The summed E-state index contributed by atoms with van der Waals surface area (Å²) in [6.45, 7) is 3.33. The van der Waals surface area contributed by atoms with Gasteiger partial charge in [0.2, 0.25) is 0 Å². The Hall–Kier alpha value is -3.22. The van der Waals surface area contributed by atoms with Crippen molar-refractivity contribution in [2.75, 3.05) is 23.9 Å². The van der Waals surface area contributed by atoms with Crippen molar-refractivity contribution in [2.45, 2.75) is 19.9 Å². The lowest BCUT2D eigenvalue weighted by Crippen LogP contribution is -2.31. The molecule has 2 aromatic carbocycles. The lowest BCUT2D eigenvalue weighted by Gasteiger charge is -2.28. The van der Waals surface area contributed by atoms with E-state index in [2.05, 4.69) is 0 Å². The third kappa shape index (κ3) is 3.60. The summed E-state index contributed by atoms with van der Waals surface area (Å²) >= 11 is 0. The van der Waals surface area contributed by atoms with Crippen molar-refractivity contribution in [3.05, 3.63) is 71.0 Å². The van der Waals surface area contributed by atoms with E-state index in [0.717, 1.165) is 22.7 Å². The van der Waals surface area contributed by atoms with Crippen LogP contribution < -0.4 is 9.80 Å². The van der Waals surface area contributed by atoms with E-state index in [-0.39, 0.29) is 17.0 Å². The van der Waals surface area contributed by atoms with E-state index in [4.69, 9.17) is 0 Å². The van der Waals surface area contributed by atoms with Crippen LogP contribution in [0.1, 0.15) is 25.5 Å². The van der Waals surface area contributed by atoms with Crippen LogP contribution in [0, 0.1) is 17.6 Å². The summed E-state index contributed by atoms with van der Waals surface area (Å²) in [6.07, 6.45) is 0. The highest BCUT2D eigenvalue weighted by molar-refractivity contribution is 6.16. The average molecular weight is 400 g/mol. The molecule has 1 heterocycles. The van der Waals surface area contributed by atoms with E-state index in [1.807, 2.05) is 31.1 Å². The number of halogens is 2. The van der Waals surface area contributed by atoms with E-state index in [1.54, 1.807) is 26.0 Å². The Morgan fingerprint density at radius 1 is 1.07 bits per heavy atom. The number of amides is 1. The maximum atomic E-state index is 13.9. The van der Waals surface area contributed by atoms with Crippen LogP contribution in [0.5, 0.6) is 0 Å². The zero-order valence-electron chi connectivity index (χ0n) is 16.6. The van der Waals surface area contributed by atoms with E-state index < -0.39 is 35.3 Å². The minimum atomic E-state index is -1.12. The molecule has 0 saturated heterocycles. The van der Waals surface area contributed by atoms with E-state index >= 15 is 0 Å². The minimum Gasteiger partial charge on any atom is -0.503 e. The van der Waals surface area contributed by atoms with Gasteiger partial charge in [0, 0.05) is 37.5 Å². The number of carbonyl (C=O) groups excluding carboxylic acids is 2. The zero-order valence-corrected chi connectivity index (χ0v) is 16.6.